The van der Waals surface area contributed by atoms with E-state index in [1.165, 1.54) is 19.3 Å². The number of hydrogen-bond donors (Lipinski definition) is 0. The molecule has 0 aromatic carbocycles. The summed E-state index contributed by atoms with van der Waals surface area (Å²) in [7, 11) is -2.30. The summed E-state index contributed by atoms with van der Waals surface area (Å²) in [6.45, 7) is 27.1. The number of rotatable bonds is 12. The van der Waals surface area contributed by atoms with Gasteiger partial charge in [0, 0.05) is 49.5 Å². The van der Waals surface area contributed by atoms with Crippen LogP contribution in [0.4, 0.5) is 4.79 Å². The highest BCUT2D eigenvalue weighted by Gasteiger charge is 2.44. The molecule has 11 heteroatoms. The first kappa shape index (κ1) is 46.9. The second kappa shape index (κ2) is 21.4. The van der Waals surface area contributed by atoms with Gasteiger partial charge in [-0.2, -0.15) is 0 Å². The molecule has 4 rings (SSSR count). The molecule has 0 radical (unpaired) electrons. The van der Waals surface area contributed by atoms with Crippen LogP contribution >= 0.6 is 0 Å². The zero-order valence-electron chi connectivity index (χ0n) is 37.1. The average molecular weight is 810 g/mol. The quantitative estimate of drug-likeness (QED) is 0.0672. The number of allylic oxidation sites excluding steroid dienone is 3. The lowest BCUT2D eigenvalue weighted by molar-refractivity contribution is -0.222. The summed E-state index contributed by atoms with van der Waals surface area (Å²) >= 11 is 0. The zero-order chi connectivity index (χ0) is 41.8. The summed E-state index contributed by atoms with van der Waals surface area (Å²) in [6.07, 6.45) is 16.1. The fourth-order valence-electron chi connectivity index (χ4n) is 7.99. The van der Waals surface area contributed by atoms with E-state index in [0.29, 0.717) is 38.6 Å². The van der Waals surface area contributed by atoms with Gasteiger partial charge >= 0.3 is 12.1 Å². The van der Waals surface area contributed by atoms with Crippen LogP contribution in [0.1, 0.15) is 125 Å². The third-order valence-electron chi connectivity index (χ3n) is 12.6. The number of carbonyl (C=O) groups excluding carboxylic acids is 2. The second-order valence-electron chi connectivity index (χ2n) is 18.3. The molecule has 57 heavy (non-hydrogen) atoms. The summed E-state index contributed by atoms with van der Waals surface area (Å²) in [5, 5.41) is -0.0682. The van der Waals surface area contributed by atoms with Crippen LogP contribution in [0, 0.1) is 5.92 Å². The third kappa shape index (κ3) is 13.9. The van der Waals surface area contributed by atoms with Crippen molar-refractivity contribution in [2.45, 2.75) is 174 Å². The molecule has 0 bridgehead atoms. The molecule has 0 spiro atoms. The van der Waals surface area contributed by atoms with Gasteiger partial charge in [-0.25, -0.2) is 4.79 Å². The fourth-order valence-corrected chi connectivity index (χ4v) is 9.38. The van der Waals surface area contributed by atoms with Crippen LogP contribution in [0.2, 0.25) is 18.1 Å². The lowest BCUT2D eigenvalue weighted by atomic mass is 9.88. The van der Waals surface area contributed by atoms with Crippen molar-refractivity contribution < 1.29 is 33.0 Å². The Bertz CT molecular complexity index is 1500. The van der Waals surface area contributed by atoms with Crippen molar-refractivity contribution in [2.75, 3.05) is 32.8 Å². The molecule has 3 aliphatic heterocycles. The number of esters is 1. The average Bonchev–Trinajstić information content (AvgIpc) is 3.17. The predicted octanol–water partition coefficient (Wildman–Crippen LogP) is 9.98. The van der Waals surface area contributed by atoms with Gasteiger partial charge in [0.25, 0.3) is 0 Å². The number of nitrogens with zero attached hydrogens (tertiary/aromatic N) is 3. The van der Waals surface area contributed by atoms with E-state index >= 15 is 0 Å². The molecule has 7 atom stereocenters. The maximum atomic E-state index is 14.1. The van der Waals surface area contributed by atoms with E-state index in [1.807, 2.05) is 82.0 Å². The number of ether oxygens (including phenoxy) is 4. The van der Waals surface area contributed by atoms with Crippen molar-refractivity contribution in [2.24, 2.45) is 5.92 Å². The number of carbonyl (C=O) groups is 2. The van der Waals surface area contributed by atoms with Crippen LogP contribution in [-0.2, 0) is 28.2 Å². The van der Waals surface area contributed by atoms with Gasteiger partial charge in [-0.05, 0) is 121 Å². The summed E-state index contributed by atoms with van der Waals surface area (Å²) < 4.78 is 32.5. The largest absolute Gasteiger partial charge is 0.457 e. The van der Waals surface area contributed by atoms with Gasteiger partial charge < -0.3 is 33.2 Å². The Hall–Kier alpha value is -2.83. The van der Waals surface area contributed by atoms with Crippen molar-refractivity contribution in [1.82, 2.24) is 14.8 Å². The summed E-state index contributed by atoms with van der Waals surface area (Å²) in [5.41, 5.74) is 0.894. The van der Waals surface area contributed by atoms with Crippen LogP contribution in [0.25, 0.3) is 0 Å². The molecule has 3 aliphatic rings. The molecular formula is C46H75N3O7Si. The molecule has 2 saturated heterocycles. The first-order valence-corrected chi connectivity index (χ1v) is 24.6. The van der Waals surface area contributed by atoms with Crippen molar-refractivity contribution in [3.05, 3.63) is 66.0 Å². The van der Waals surface area contributed by atoms with Crippen molar-refractivity contribution in [3.8, 4) is 0 Å². The van der Waals surface area contributed by atoms with Crippen LogP contribution in [0.5, 0.6) is 0 Å². The molecule has 0 saturated carbocycles. The number of piperidine rings is 2. The highest BCUT2D eigenvalue weighted by atomic mass is 28.4. The van der Waals surface area contributed by atoms with Crippen LogP contribution in [0.15, 0.2) is 60.3 Å². The first-order chi connectivity index (χ1) is 26.9. The molecule has 7 unspecified atom stereocenters. The van der Waals surface area contributed by atoms with Gasteiger partial charge in [0.15, 0.2) is 20.7 Å². The molecule has 1 amide bonds. The Morgan fingerprint density at radius 1 is 1.07 bits per heavy atom. The lowest BCUT2D eigenvalue weighted by Crippen LogP contribution is -2.52. The van der Waals surface area contributed by atoms with E-state index in [-0.39, 0.29) is 35.4 Å². The number of hydrogen-bond acceptors (Lipinski definition) is 9. The van der Waals surface area contributed by atoms with Crippen molar-refractivity contribution >= 4 is 20.4 Å². The molecule has 2 fully saturated rings. The number of cyclic esters (lactones) is 1. The number of amides is 1. The Kier molecular flexibility index (Phi) is 17.6. The van der Waals surface area contributed by atoms with E-state index in [1.54, 1.807) is 6.20 Å². The van der Waals surface area contributed by atoms with Gasteiger partial charge in [0.05, 0.1) is 12.5 Å². The molecule has 4 heterocycles. The number of pyridine rings is 1. The van der Waals surface area contributed by atoms with Gasteiger partial charge in [0.1, 0.15) is 11.7 Å². The molecule has 0 aliphatic carbocycles. The van der Waals surface area contributed by atoms with E-state index in [0.717, 1.165) is 37.2 Å². The standard InChI is InChI=1S/C46H75N3O7Si/c1-12-52-37(5)55-46(9)27-24-39(56-57(10,11)45(6,7)8)33-42(50)54-43(35(3)20-18-19-34(2)40-21-14-15-28-47-40)36(4)22-23-41(46)53-44(51)49-31-25-38(26-32-49)48-29-16-13-17-30-48/h14-15,18-23,28,34,36-39,41,43H,12-13,16-17,24-27,29-33H2,1-11H3. The van der Waals surface area contributed by atoms with Crippen molar-refractivity contribution in [3.63, 3.8) is 0 Å². The van der Waals surface area contributed by atoms with Gasteiger partial charge in [-0.1, -0.05) is 71.4 Å². The van der Waals surface area contributed by atoms with Crippen molar-refractivity contribution in [1.29, 1.82) is 0 Å². The van der Waals surface area contributed by atoms with Gasteiger partial charge in [-0.15, -0.1) is 0 Å². The predicted molar refractivity (Wildman–Crippen MR) is 231 cm³/mol. The molecular weight excluding hydrogens is 735 g/mol. The summed E-state index contributed by atoms with van der Waals surface area (Å²) in [4.78, 5) is 37.0. The maximum Gasteiger partial charge on any atom is 0.410 e. The molecule has 1 aromatic heterocycles. The van der Waals surface area contributed by atoms with Crippen LogP contribution in [0.3, 0.4) is 0 Å². The SMILES string of the molecule is CCOC(C)OC1(C)CCC(O[Si](C)(C)C(C)(C)C)CC(=O)OC(C(C)=CC=CC(C)c2ccccn2)C(C)C=CC1OC(=O)N1CCC(N2CCCCC2)CC1. The van der Waals surface area contributed by atoms with E-state index < -0.39 is 38.5 Å². The van der Waals surface area contributed by atoms with E-state index in [4.69, 9.17) is 23.4 Å². The van der Waals surface area contributed by atoms with E-state index in [2.05, 4.69) is 56.7 Å². The molecule has 320 valence electrons. The minimum Gasteiger partial charge on any atom is -0.457 e. The van der Waals surface area contributed by atoms with Crippen LogP contribution < -0.4 is 0 Å². The third-order valence-corrected chi connectivity index (χ3v) is 17.1. The smallest absolute Gasteiger partial charge is 0.410 e. The molecule has 1 aromatic rings. The topological polar surface area (TPSA) is 99.7 Å². The number of likely N-dealkylation sites (tertiary alicyclic amines) is 2. The molecule has 0 N–H and O–H groups in total. The Morgan fingerprint density at radius 3 is 2.40 bits per heavy atom. The summed E-state index contributed by atoms with van der Waals surface area (Å²) in [5.74, 6) is -0.437. The Morgan fingerprint density at radius 2 is 1.77 bits per heavy atom. The fraction of sp³-hybridized carbons (Fsp3) is 0.717. The zero-order valence-corrected chi connectivity index (χ0v) is 38.1. The lowest BCUT2D eigenvalue weighted by Gasteiger charge is -2.43. The Balaban J connectivity index is 1.67. The highest BCUT2D eigenvalue weighted by Crippen LogP contribution is 2.40. The maximum absolute atomic E-state index is 14.1. The first-order valence-electron chi connectivity index (χ1n) is 21.7. The normalized spacial score (nSPS) is 28.0. The summed E-state index contributed by atoms with van der Waals surface area (Å²) in [6, 6.07) is 6.43. The Labute approximate surface area is 345 Å². The monoisotopic (exact) mass is 810 g/mol. The minimum atomic E-state index is -2.30. The van der Waals surface area contributed by atoms with Crippen LogP contribution in [-0.4, -0.2) is 104 Å². The van der Waals surface area contributed by atoms with E-state index in [9.17, 15) is 9.59 Å². The van der Waals surface area contributed by atoms with Gasteiger partial charge in [-0.3, -0.25) is 9.78 Å². The molecule has 10 nitrogen and oxygen atoms in total. The van der Waals surface area contributed by atoms with Gasteiger partial charge in [0.2, 0.25) is 0 Å². The number of aromatic nitrogens is 1. The minimum absolute atomic E-state index is 0.0682. The second-order valence-corrected chi connectivity index (χ2v) is 23.1. The highest BCUT2D eigenvalue weighted by molar-refractivity contribution is 6.74.